The molecule has 1 aliphatic heterocycles. The van der Waals surface area contributed by atoms with E-state index in [1.54, 1.807) is 5.56 Å². The van der Waals surface area contributed by atoms with Crippen LogP contribution in [0.25, 0.3) is 0 Å². The van der Waals surface area contributed by atoms with E-state index in [-0.39, 0.29) is 0 Å². The van der Waals surface area contributed by atoms with Gasteiger partial charge in [-0.05, 0) is 73.0 Å². The maximum atomic E-state index is 3.93. The van der Waals surface area contributed by atoms with Crippen molar-refractivity contribution in [3.8, 4) is 0 Å². The molecule has 2 heterocycles. The molecule has 3 heteroatoms. The zero-order chi connectivity index (χ0) is 15.2. The maximum Gasteiger partial charge on any atom is 0.0198 e. The second-order valence-corrected chi connectivity index (χ2v) is 8.18. The molecule has 0 amide bonds. The minimum atomic E-state index is 0.708. The molecule has 22 heavy (non-hydrogen) atoms. The molecule has 1 aliphatic carbocycles. The van der Waals surface area contributed by atoms with Gasteiger partial charge in [0.2, 0.25) is 0 Å². The van der Waals surface area contributed by atoms with E-state index < -0.39 is 0 Å². The van der Waals surface area contributed by atoms with Gasteiger partial charge in [0.15, 0.2) is 0 Å². The molecule has 2 aliphatic rings. The first-order chi connectivity index (χ1) is 10.8. The number of likely N-dealkylation sites (tertiary alicyclic amines) is 1. The van der Waals surface area contributed by atoms with E-state index in [1.807, 2.05) is 11.3 Å². The van der Waals surface area contributed by atoms with Crippen LogP contribution in [0.4, 0.5) is 0 Å². The predicted molar refractivity (Wildman–Crippen MR) is 96.6 cm³/mol. The van der Waals surface area contributed by atoms with Crippen LogP contribution in [0.5, 0.6) is 0 Å². The number of hydrogen-bond donors (Lipinski definition) is 1. The van der Waals surface area contributed by atoms with Gasteiger partial charge in [-0.15, -0.1) is 0 Å². The Hall–Kier alpha value is -0.380. The van der Waals surface area contributed by atoms with Gasteiger partial charge in [0.25, 0.3) is 0 Å². The molecular weight excluding hydrogens is 288 g/mol. The number of piperidine rings is 1. The Morgan fingerprint density at radius 2 is 2.05 bits per heavy atom. The van der Waals surface area contributed by atoms with Gasteiger partial charge < -0.3 is 10.2 Å². The van der Waals surface area contributed by atoms with Gasteiger partial charge in [0, 0.05) is 19.1 Å². The van der Waals surface area contributed by atoms with Crippen LogP contribution < -0.4 is 5.32 Å². The molecule has 1 aromatic heterocycles. The Balaban J connectivity index is 1.49. The van der Waals surface area contributed by atoms with Crippen LogP contribution in [0, 0.1) is 11.8 Å². The summed E-state index contributed by atoms with van der Waals surface area (Å²) in [4.78, 5) is 2.65. The highest BCUT2D eigenvalue weighted by Gasteiger charge is 2.27. The van der Waals surface area contributed by atoms with Gasteiger partial charge in [0.05, 0.1) is 0 Å². The Labute approximate surface area is 140 Å². The molecular formula is C19H32N2S. The highest BCUT2D eigenvalue weighted by atomic mass is 32.1. The lowest BCUT2D eigenvalue weighted by atomic mass is 9.87. The quantitative estimate of drug-likeness (QED) is 0.846. The van der Waals surface area contributed by atoms with E-state index in [4.69, 9.17) is 0 Å². The molecule has 3 rings (SSSR count). The lowest BCUT2D eigenvalue weighted by molar-refractivity contribution is 0.142. The van der Waals surface area contributed by atoms with Gasteiger partial charge in [-0.2, -0.15) is 11.3 Å². The van der Waals surface area contributed by atoms with Crippen molar-refractivity contribution in [2.75, 3.05) is 26.2 Å². The van der Waals surface area contributed by atoms with Crippen molar-refractivity contribution in [2.45, 2.75) is 57.9 Å². The van der Waals surface area contributed by atoms with Crippen molar-refractivity contribution in [1.29, 1.82) is 0 Å². The third-order valence-corrected chi connectivity index (χ3v) is 6.32. The molecule has 1 saturated carbocycles. The van der Waals surface area contributed by atoms with Crippen molar-refractivity contribution in [2.24, 2.45) is 11.8 Å². The summed E-state index contributed by atoms with van der Waals surface area (Å²) in [5.41, 5.74) is 1.54. The second kappa shape index (κ2) is 8.47. The fourth-order valence-electron chi connectivity index (χ4n) is 4.32. The fraction of sp³-hybridized carbons (Fsp3) is 0.789. The van der Waals surface area contributed by atoms with E-state index in [0.29, 0.717) is 6.04 Å². The summed E-state index contributed by atoms with van der Waals surface area (Å²) in [6.45, 7) is 7.30. The minimum Gasteiger partial charge on any atom is -0.312 e. The van der Waals surface area contributed by atoms with E-state index in [0.717, 1.165) is 11.8 Å². The molecule has 0 spiro atoms. The minimum absolute atomic E-state index is 0.708. The standard InChI is InChI=1S/C19H32N2S/c1-2-21-13-18(10-17-8-9-22-15-17)11-19(14-21)20-12-16-6-4-3-5-7-16/h8-9,15-16,18-20H,2-7,10-14H2,1H3. The van der Waals surface area contributed by atoms with Gasteiger partial charge in [-0.25, -0.2) is 0 Å². The van der Waals surface area contributed by atoms with Crippen LogP contribution in [0.2, 0.25) is 0 Å². The van der Waals surface area contributed by atoms with Gasteiger partial charge in [-0.1, -0.05) is 26.2 Å². The lowest BCUT2D eigenvalue weighted by Crippen LogP contribution is -2.50. The average Bonchev–Trinajstić information content (AvgIpc) is 3.06. The molecule has 0 bridgehead atoms. The lowest BCUT2D eigenvalue weighted by Gasteiger charge is -2.38. The number of nitrogens with zero attached hydrogens (tertiary/aromatic N) is 1. The number of thiophene rings is 1. The van der Waals surface area contributed by atoms with Crippen LogP contribution in [0.3, 0.4) is 0 Å². The molecule has 2 atom stereocenters. The Morgan fingerprint density at radius 3 is 2.77 bits per heavy atom. The van der Waals surface area contributed by atoms with Crippen molar-refractivity contribution in [1.82, 2.24) is 10.2 Å². The van der Waals surface area contributed by atoms with Gasteiger partial charge in [0.1, 0.15) is 0 Å². The molecule has 2 fully saturated rings. The van der Waals surface area contributed by atoms with Gasteiger partial charge >= 0.3 is 0 Å². The largest absolute Gasteiger partial charge is 0.312 e. The van der Waals surface area contributed by atoms with Crippen LogP contribution >= 0.6 is 11.3 Å². The number of rotatable bonds is 6. The van der Waals surface area contributed by atoms with Crippen molar-refractivity contribution in [3.05, 3.63) is 22.4 Å². The first-order valence-corrected chi connectivity index (χ1v) is 10.2. The van der Waals surface area contributed by atoms with E-state index in [9.17, 15) is 0 Å². The highest BCUT2D eigenvalue weighted by Crippen LogP contribution is 2.25. The Morgan fingerprint density at radius 1 is 1.18 bits per heavy atom. The summed E-state index contributed by atoms with van der Waals surface area (Å²) in [6.07, 6.45) is 9.91. The molecule has 1 N–H and O–H groups in total. The molecule has 2 unspecified atom stereocenters. The number of hydrogen-bond acceptors (Lipinski definition) is 3. The first kappa shape index (κ1) is 16.5. The summed E-state index contributed by atoms with van der Waals surface area (Å²) in [5, 5.41) is 8.47. The molecule has 0 radical (unpaired) electrons. The zero-order valence-corrected chi connectivity index (χ0v) is 14.9. The smallest absolute Gasteiger partial charge is 0.0198 e. The van der Waals surface area contributed by atoms with Gasteiger partial charge in [-0.3, -0.25) is 0 Å². The summed E-state index contributed by atoms with van der Waals surface area (Å²) < 4.78 is 0. The van der Waals surface area contributed by atoms with E-state index >= 15 is 0 Å². The van der Waals surface area contributed by atoms with Crippen LogP contribution in [-0.4, -0.2) is 37.1 Å². The maximum absolute atomic E-state index is 3.93. The number of likely N-dealkylation sites (N-methyl/N-ethyl adjacent to an activating group) is 1. The van der Waals surface area contributed by atoms with Crippen molar-refractivity contribution < 1.29 is 0 Å². The fourth-order valence-corrected chi connectivity index (χ4v) is 5.01. The number of nitrogens with one attached hydrogen (secondary N) is 1. The third kappa shape index (κ3) is 4.81. The van der Waals surface area contributed by atoms with Crippen molar-refractivity contribution in [3.63, 3.8) is 0 Å². The molecule has 1 saturated heterocycles. The highest BCUT2D eigenvalue weighted by molar-refractivity contribution is 7.07. The average molecular weight is 321 g/mol. The Kier molecular flexibility index (Phi) is 6.34. The Bertz CT molecular complexity index is 411. The summed E-state index contributed by atoms with van der Waals surface area (Å²) in [5.74, 6) is 1.77. The van der Waals surface area contributed by atoms with Crippen LogP contribution in [-0.2, 0) is 6.42 Å². The first-order valence-electron chi connectivity index (χ1n) is 9.30. The molecule has 124 valence electrons. The van der Waals surface area contributed by atoms with Crippen molar-refractivity contribution >= 4 is 11.3 Å². The van der Waals surface area contributed by atoms with E-state index in [1.165, 1.54) is 71.1 Å². The third-order valence-electron chi connectivity index (χ3n) is 5.58. The normalized spacial score (nSPS) is 28.0. The van der Waals surface area contributed by atoms with Crippen LogP contribution in [0.15, 0.2) is 16.8 Å². The molecule has 0 aromatic carbocycles. The summed E-state index contributed by atoms with van der Waals surface area (Å²) in [7, 11) is 0. The topological polar surface area (TPSA) is 15.3 Å². The summed E-state index contributed by atoms with van der Waals surface area (Å²) in [6, 6.07) is 3.01. The zero-order valence-electron chi connectivity index (χ0n) is 14.1. The van der Waals surface area contributed by atoms with E-state index in [2.05, 4.69) is 34.0 Å². The monoisotopic (exact) mass is 320 g/mol. The SMILES string of the molecule is CCN1CC(Cc2ccsc2)CC(NCC2CCCCC2)C1. The summed E-state index contributed by atoms with van der Waals surface area (Å²) >= 11 is 1.84. The van der Waals surface area contributed by atoms with Crippen LogP contribution in [0.1, 0.15) is 51.0 Å². The second-order valence-electron chi connectivity index (χ2n) is 7.40. The molecule has 2 nitrogen and oxygen atoms in total. The predicted octanol–water partition coefficient (Wildman–Crippen LogP) is 4.17. The molecule has 1 aromatic rings.